The molecule has 0 aliphatic carbocycles. The lowest BCUT2D eigenvalue weighted by atomic mass is 10.2. The van der Waals surface area contributed by atoms with Crippen molar-refractivity contribution < 1.29 is 14.3 Å². The number of nitrogens with zero attached hydrogens (tertiary/aromatic N) is 4. The highest BCUT2D eigenvalue weighted by atomic mass is 35.5. The molecule has 0 saturated carbocycles. The van der Waals surface area contributed by atoms with Gasteiger partial charge in [0, 0.05) is 10.6 Å². The topological polar surface area (TPSA) is 90.6 Å². The molecule has 2 aromatic heterocycles. The summed E-state index contributed by atoms with van der Waals surface area (Å²) in [6, 6.07) is 10.7. The fourth-order valence-corrected chi connectivity index (χ4v) is 3.98. The zero-order chi connectivity index (χ0) is 21.3. The van der Waals surface area contributed by atoms with E-state index in [1.165, 1.54) is 11.3 Å². The summed E-state index contributed by atoms with van der Waals surface area (Å²) in [4.78, 5) is 13.2. The highest BCUT2D eigenvalue weighted by molar-refractivity contribution is 7.19. The number of anilines is 1. The number of halogens is 1. The second-order valence-electron chi connectivity index (χ2n) is 6.51. The van der Waals surface area contributed by atoms with Crippen molar-refractivity contribution in [3.05, 3.63) is 52.8 Å². The molecule has 2 heterocycles. The molecule has 10 heteroatoms. The number of amides is 1. The van der Waals surface area contributed by atoms with E-state index in [4.69, 9.17) is 21.1 Å². The van der Waals surface area contributed by atoms with E-state index in [9.17, 15) is 4.79 Å². The van der Waals surface area contributed by atoms with Crippen LogP contribution >= 0.6 is 22.9 Å². The Kier molecular flexibility index (Phi) is 5.56. The average molecular weight is 444 g/mol. The number of carbonyl (C=O) groups is 1. The lowest BCUT2D eigenvalue weighted by molar-refractivity contribution is -0.118. The van der Waals surface area contributed by atoms with Crippen molar-refractivity contribution in [3.8, 4) is 22.1 Å². The molecule has 0 fully saturated rings. The Balaban J connectivity index is 1.52. The minimum absolute atomic E-state index is 0.147. The van der Waals surface area contributed by atoms with Crippen LogP contribution in [0.15, 0.2) is 36.4 Å². The normalized spacial score (nSPS) is 10.9. The number of nitrogens with one attached hydrogen (secondary N) is 1. The van der Waals surface area contributed by atoms with Gasteiger partial charge in [0.1, 0.15) is 16.5 Å². The molecule has 8 nitrogen and oxygen atoms in total. The third-order valence-corrected chi connectivity index (χ3v) is 5.55. The van der Waals surface area contributed by atoms with Crippen molar-refractivity contribution >= 4 is 39.5 Å². The zero-order valence-corrected chi connectivity index (χ0v) is 18.0. The zero-order valence-electron chi connectivity index (χ0n) is 16.5. The van der Waals surface area contributed by atoms with Crippen molar-refractivity contribution in [2.75, 3.05) is 19.0 Å². The Labute approximate surface area is 181 Å². The molecule has 4 aromatic rings. The van der Waals surface area contributed by atoms with Crippen LogP contribution in [0, 0.1) is 13.8 Å². The molecule has 0 spiro atoms. The van der Waals surface area contributed by atoms with E-state index in [0.29, 0.717) is 33.0 Å². The van der Waals surface area contributed by atoms with E-state index >= 15 is 0 Å². The Morgan fingerprint density at radius 1 is 1.17 bits per heavy atom. The standard InChI is InChI=1S/C20H18ClN5O3S/c1-11-8-14(21)5-7-16(11)29-10-18(27)22-15-9-13(4-6-17(15)28-3)19-25-26-12(2)23-24-20(26)30-19/h4-9H,10H2,1-3H3,(H,22,27). The fraction of sp³-hybridized carbons (Fsp3) is 0.200. The number of hydrogen-bond acceptors (Lipinski definition) is 7. The van der Waals surface area contributed by atoms with Crippen LogP contribution in [0.3, 0.4) is 0 Å². The van der Waals surface area contributed by atoms with Gasteiger partial charge in [-0.3, -0.25) is 4.79 Å². The van der Waals surface area contributed by atoms with Crippen LogP contribution in [0.2, 0.25) is 5.02 Å². The number of methoxy groups -OCH3 is 1. The first-order valence-corrected chi connectivity index (χ1v) is 10.2. The molecule has 4 rings (SSSR count). The number of benzene rings is 2. The van der Waals surface area contributed by atoms with Gasteiger partial charge in [0.25, 0.3) is 5.91 Å². The number of aryl methyl sites for hydroxylation is 2. The van der Waals surface area contributed by atoms with Crippen molar-refractivity contribution in [3.63, 3.8) is 0 Å². The molecule has 0 unspecified atom stereocenters. The van der Waals surface area contributed by atoms with Gasteiger partial charge < -0.3 is 14.8 Å². The van der Waals surface area contributed by atoms with Gasteiger partial charge in [-0.25, -0.2) is 0 Å². The van der Waals surface area contributed by atoms with Crippen LogP contribution in [-0.4, -0.2) is 39.4 Å². The molecule has 2 aromatic carbocycles. The smallest absolute Gasteiger partial charge is 0.262 e. The summed E-state index contributed by atoms with van der Waals surface area (Å²) >= 11 is 7.36. The number of ether oxygens (including phenoxy) is 2. The van der Waals surface area contributed by atoms with Gasteiger partial charge in [0.2, 0.25) is 4.96 Å². The summed E-state index contributed by atoms with van der Waals surface area (Å²) in [5.41, 5.74) is 2.21. The third-order valence-electron chi connectivity index (χ3n) is 4.36. The largest absolute Gasteiger partial charge is 0.495 e. The van der Waals surface area contributed by atoms with Gasteiger partial charge in [-0.2, -0.15) is 9.61 Å². The maximum Gasteiger partial charge on any atom is 0.262 e. The van der Waals surface area contributed by atoms with Crippen molar-refractivity contribution in [2.45, 2.75) is 13.8 Å². The van der Waals surface area contributed by atoms with E-state index < -0.39 is 0 Å². The molecule has 30 heavy (non-hydrogen) atoms. The van der Waals surface area contributed by atoms with Crippen molar-refractivity contribution in [1.82, 2.24) is 19.8 Å². The molecular weight excluding hydrogens is 426 g/mol. The highest BCUT2D eigenvalue weighted by Crippen LogP contribution is 2.33. The lowest BCUT2D eigenvalue weighted by Crippen LogP contribution is -2.20. The SMILES string of the molecule is COc1ccc(-c2nn3c(C)nnc3s2)cc1NC(=O)COc1ccc(Cl)cc1C. The van der Waals surface area contributed by atoms with Crippen LogP contribution in [0.4, 0.5) is 5.69 Å². The summed E-state index contributed by atoms with van der Waals surface area (Å²) in [7, 11) is 1.55. The summed E-state index contributed by atoms with van der Waals surface area (Å²) in [5.74, 6) is 1.54. The maximum atomic E-state index is 12.5. The summed E-state index contributed by atoms with van der Waals surface area (Å²) < 4.78 is 12.7. The molecule has 1 N–H and O–H groups in total. The van der Waals surface area contributed by atoms with E-state index in [1.807, 2.05) is 26.0 Å². The van der Waals surface area contributed by atoms with Crippen LogP contribution < -0.4 is 14.8 Å². The molecule has 0 radical (unpaired) electrons. The van der Waals surface area contributed by atoms with Crippen LogP contribution in [0.1, 0.15) is 11.4 Å². The number of carbonyl (C=O) groups excluding carboxylic acids is 1. The predicted octanol–water partition coefficient (Wildman–Crippen LogP) is 4.15. The molecule has 0 bridgehead atoms. The van der Waals surface area contributed by atoms with Gasteiger partial charge >= 0.3 is 0 Å². The van der Waals surface area contributed by atoms with Crippen LogP contribution in [0.25, 0.3) is 15.5 Å². The van der Waals surface area contributed by atoms with Gasteiger partial charge in [-0.05, 0) is 55.8 Å². The Bertz CT molecular complexity index is 1240. The van der Waals surface area contributed by atoms with Crippen LogP contribution in [0.5, 0.6) is 11.5 Å². The van der Waals surface area contributed by atoms with Gasteiger partial charge in [-0.15, -0.1) is 10.2 Å². The summed E-state index contributed by atoms with van der Waals surface area (Å²) in [6.45, 7) is 3.56. The second kappa shape index (κ2) is 8.29. The maximum absolute atomic E-state index is 12.5. The highest BCUT2D eigenvalue weighted by Gasteiger charge is 2.15. The van der Waals surface area contributed by atoms with Crippen LogP contribution in [-0.2, 0) is 4.79 Å². The minimum atomic E-state index is -0.311. The Morgan fingerprint density at radius 3 is 2.70 bits per heavy atom. The first kappa shape index (κ1) is 20.1. The summed E-state index contributed by atoms with van der Waals surface area (Å²) in [6.07, 6.45) is 0. The predicted molar refractivity (Wildman–Crippen MR) is 116 cm³/mol. The molecule has 0 aliphatic rings. The molecule has 0 atom stereocenters. The number of fused-ring (bicyclic) bond motifs is 1. The molecular formula is C20H18ClN5O3S. The molecule has 1 amide bonds. The molecule has 154 valence electrons. The number of aromatic nitrogens is 4. The third kappa shape index (κ3) is 4.07. The Morgan fingerprint density at radius 2 is 1.97 bits per heavy atom. The lowest BCUT2D eigenvalue weighted by Gasteiger charge is -2.13. The summed E-state index contributed by atoms with van der Waals surface area (Å²) in [5, 5.41) is 16.8. The van der Waals surface area contributed by atoms with E-state index in [2.05, 4.69) is 20.6 Å². The fourth-order valence-electron chi connectivity index (χ4n) is 2.87. The van der Waals surface area contributed by atoms with E-state index in [0.717, 1.165) is 16.1 Å². The first-order chi connectivity index (χ1) is 14.4. The van der Waals surface area contributed by atoms with Gasteiger partial charge in [-0.1, -0.05) is 22.9 Å². The van der Waals surface area contributed by atoms with E-state index in [-0.39, 0.29) is 12.5 Å². The molecule has 0 saturated heterocycles. The van der Waals surface area contributed by atoms with Crippen molar-refractivity contribution in [1.29, 1.82) is 0 Å². The first-order valence-electron chi connectivity index (χ1n) is 9.00. The molecule has 0 aliphatic heterocycles. The second-order valence-corrected chi connectivity index (χ2v) is 7.90. The average Bonchev–Trinajstić information content (AvgIpc) is 3.29. The van der Waals surface area contributed by atoms with Crippen molar-refractivity contribution in [2.24, 2.45) is 0 Å². The van der Waals surface area contributed by atoms with Gasteiger partial charge in [0.15, 0.2) is 12.4 Å². The Hall–Kier alpha value is -3.17. The number of hydrogen-bond donors (Lipinski definition) is 1. The number of rotatable bonds is 6. The minimum Gasteiger partial charge on any atom is -0.495 e. The van der Waals surface area contributed by atoms with Gasteiger partial charge in [0.05, 0.1) is 12.8 Å². The monoisotopic (exact) mass is 443 g/mol. The quantitative estimate of drug-likeness (QED) is 0.481. The van der Waals surface area contributed by atoms with E-state index in [1.54, 1.807) is 35.9 Å².